The first-order valence-electron chi connectivity index (χ1n) is 7.83. The van der Waals surface area contributed by atoms with Crippen LogP contribution in [0.25, 0.3) is 0 Å². The second kappa shape index (κ2) is 10.4. The lowest BCUT2D eigenvalue weighted by atomic mass is 9.99. The van der Waals surface area contributed by atoms with Crippen LogP contribution in [0.4, 0.5) is 0 Å². The lowest BCUT2D eigenvalue weighted by Gasteiger charge is -2.20. The Morgan fingerprint density at radius 2 is 2.00 bits per heavy atom. The van der Waals surface area contributed by atoms with Gasteiger partial charge in [0.05, 0.1) is 7.85 Å². The van der Waals surface area contributed by atoms with Gasteiger partial charge in [-0.1, -0.05) is 43.1 Å². The summed E-state index contributed by atoms with van der Waals surface area (Å²) in [7, 11) is 7.54. The largest absolute Gasteiger partial charge is 0.354 e. The number of hydrogen-bond acceptors (Lipinski definition) is 2. The molecule has 1 aromatic rings. The van der Waals surface area contributed by atoms with Gasteiger partial charge in [0.2, 0.25) is 5.91 Å². The van der Waals surface area contributed by atoms with Crippen LogP contribution in [0.3, 0.4) is 0 Å². The topological polar surface area (TPSA) is 32.3 Å². The molecule has 114 valence electrons. The molecule has 0 saturated heterocycles. The van der Waals surface area contributed by atoms with Gasteiger partial charge in [-0.05, 0) is 32.4 Å². The smallest absolute Gasteiger partial charge is 0.220 e. The van der Waals surface area contributed by atoms with Crippen molar-refractivity contribution in [2.75, 3.05) is 13.6 Å². The molecular formula is C17H27BN2O. The second-order valence-corrected chi connectivity index (χ2v) is 5.73. The van der Waals surface area contributed by atoms with Gasteiger partial charge in [-0.2, -0.15) is 0 Å². The fraction of sp³-hybridized carbons (Fsp3) is 0.588. The molecule has 0 saturated carbocycles. The molecule has 21 heavy (non-hydrogen) atoms. The average molecular weight is 286 g/mol. The van der Waals surface area contributed by atoms with Crippen LogP contribution in [0.1, 0.15) is 38.2 Å². The molecule has 2 radical (unpaired) electrons. The van der Waals surface area contributed by atoms with Crippen molar-refractivity contribution in [3.8, 4) is 0 Å². The van der Waals surface area contributed by atoms with Crippen molar-refractivity contribution in [2.45, 2.75) is 51.5 Å². The van der Waals surface area contributed by atoms with Crippen LogP contribution in [-0.2, 0) is 11.3 Å². The van der Waals surface area contributed by atoms with Crippen LogP contribution >= 0.6 is 0 Å². The highest BCUT2D eigenvalue weighted by atomic mass is 16.1. The van der Waals surface area contributed by atoms with E-state index in [1.165, 1.54) is 5.56 Å². The van der Waals surface area contributed by atoms with Crippen LogP contribution < -0.4 is 5.32 Å². The van der Waals surface area contributed by atoms with Gasteiger partial charge in [0.15, 0.2) is 0 Å². The minimum Gasteiger partial charge on any atom is -0.354 e. The van der Waals surface area contributed by atoms with Crippen LogP contribution in [0.15, 0.2) is 30.3 Å². The van der Waals surface area contributed by atoms with Crippen LogP contribution in [-0.4, -0.2) is 38.3 Å². The summed E-state index contributed by atoms with van der Waals surface area (Å²) < 4.78 is 0. The maximum absolute atomic E-state index is 11.7. The van der Waals surface area contributed by atoms with E-state index in [9.17, 15) is 4.79 Å². The van der Waals surface area contributed by atoms with Crippen molar-refractivity contribution in [3.05, 3.63) is 35.9 Å². The number of nitrogens with one attached hydrogen (secondary N) is 1. The number of rotatable bonds is 10. The SMILES string of the molecule is [B]CCCCC(=O)NC(C)CCN(C)Cc1ccccc1. The zero-order valence-electron chi connectivity index (χ0n) is 13.3. The summed E-state index contributed by atoms with van der Waals surface area (Å²) in [6.07, 6.45) is 4.01. The fourth-order valence-corrected chi connectivity index (χ4v) is 2.24. The summed E-state index contributed by atoms with van der Waals surface area (Å²) in [5, 5.41) is 3.05. The Labute approximate surface area is 130 Å². The maximum atomic E-state index is 11.7. The molecule has 0 heterocycles. The first-order chi connectivity index (χ1) is 10.1. The third-order valence-electron chi connectivity index (χ3n) is 3.50. The molecule has 4 heteroatoms. The van der Waals surface area contributed by atoms with Gasteiger partial charge in [-0.25, -0.2) is 0 Å². The monoisotopic (exact) mass is 286 g/mol. The van der Waals surface area contributed by atoms with Crippen LogP contribution in [0.2, 0.25) is 6.32 Å². The Morgan fingerprint density at radius 1 is 1.29 bits per heavy atom. The second-order valence-electron chi connectivity index (χ2n) is 5.73. The molecule has 1 rings (SSSR count). The molecule has 1 amide bonds. The van der Waals surface area contributed by atoms with E-state index in [0.29, 0.717) is 12.7 Å². The van der Waals surface area contributed by atoms with Crippen molar-refractivity contribution < 1.29 is 4.79 Å². The van der Waals surface area contributed by atoms with E-state index in [1.54, 1.807) is 0 Å². The zero-order valence-corrected chi connectivity index (χ0v) is 13.3. The number of carbonyl (C=O) groups is 1. The standard InChI is InChI=1S/C17H27BN2O/c1-15(19-17(21)10-6-7-12-18)11-13-20(2)14-16-8-4-3-5-9-16/h3-5,8-9,15H,6-7,10-14H2,1-2H3,(H,19,21). The molecule has 0 bridgehead atoms. The van der Waals surface area contributed by atoms with Gasteiger partial charge in [0.1, 0.15) is 0 Å². The molecule has 1 unspecified atom stereocenters. The number of amides is 1. The molecule has 0 fully saturated rings. The summed E-state index contributed by atoms with van der Waals surface area (Å²) in [4.78, 5) is 14.0. The highest BCUT2D eigenvalue weighted by Gasteiger charge is 2.08. The molecule has 1 N–H and O–H groups in total. The van der Waals surface area contributed by atoms with Gasteiger partial charge in [-0.3, -0.25) is 4.79 Å². The Bertz CT molecular complexity index is 397. The van der Waals surface area contributed by atoms with Crippen molar-refractivity contribution in [1.29, 1.82) is 0 Å². The average Bonchev–Trinajstić information content (AvgIpc) is 2.46. The van der Waals surface area contributed by atoms with E-state index in [1.807, 2.05) is 6.07 Å². The third-order valence-corrected chi connectivity index (χ3v) is 3.50. The maximum Gasteiger partial charge on any atom is 0.220 e. The van der Waals surface area contributed by atoms with E-state index >= 15 is 0 Å². The van der Waals surface area contributed by atoms with E-state index in [4.69, 9.17) is 7.85 Å². The Morgan fingerprint density at radius 3 is 2.67 bits per heavy atom. The van der Waals surface area contributed by atoms with Gasteiger partial charge in [-0.15, -0.1) is 0 Å². The minimum absolute atomic E-state index is 0.140. The molecule has 0 aliphatic heterocycles. The Balaban J connectivity index is 2.17. The summed E-state index contributed by atoms with van der Waals surface area (Å²) in [6, 6.07) is 10.7. The molecule has 0 spiro atoms. The Kier molecular flexibility index (Phi) is 8.83. The number of benzene rings is 1. The van der Waals surface area contributed by atoms with Crippen molar-refractivity contribution in [1.82, 2.24) is 10.2 Å². The number of nitrogens with zero attached hydrogens (tertiary/aromatic N) is 1. The van der Waals surface area contributed by atoms with Crippen molar-refractivity contribution in [3.63, 3.8) is 0 Å². The predicted octanol–water partition coefficient (Wildman–Crippen LogP) is 2.77. The number of hydrogen-bond donors (Lipinski definition) is 1. The van der Waals surface area contributed by atoms with E-state index < -0.39 is 0 Å². The normalized spacial score (nSPS) is 12.3. The summed E-state index contributed by atoms with van der Waals surface area (Å²) in [6.45, 7) is 3.98. The number of unbranched alkanes of at least 4 members (excludes halogenated alkanes) is 1. The van der Waals surface area contributed by atoms with Crippen molar-refractivity contribution in [2.24, 2.45) is 0 Å². The molecule has 0 aromatic heterocycles. The highest BCUT2D eigenvalue weighted by molar-refractivity contribution is 6.08. The molecule has 3 nitrogen and oxygen atoms in total. The van der Waals surface area contributed by atoms with E-state index in [-0.39, 0.29) is 11.9 Å². The van der Waals surface area contributed by atoms with Crippen molar-refractivity contribution >= 4 is 13.8 Å². The van der Waals surface area contributed by atoms with E-state index in [2.05, 4.69) is 48.5 Å². The van der Waals surface area contributed by atoms with Gasteiger partial charge in [0, 0.05) is 25.6 Å². The predicted molar refractivity (Wildman–Crippen MR) is 89.4 cm³/mol. The quantitative estimate of drug-likeness (QED) is 0.530. The summed E-state index contributed by atoms with van der Waals surface area (Å²) in [5.41, 5.74) is 1.32. The zero-order chi connectivity index (χ0) is 15.5. The summed E-state index contributed by atoms with van der Waals surface area (Å²) >= 11 is 0. The van der Waals surface area contributed by atoms with Gasteiger partial charge < -0.3 is 10.2 Å². The molecular weight excluding hydrogens is 259 g/mol. The van der Waals surface area contributed by atoms with E-state index in [0.717, 1.165) is 32.4 Å². The Hall–Kier alpha value is -1.29. The summed E-state index contributed by atoms with van der Waals surface area (Å²) in [5.74, 6) is 0.140. The third kappa shape index (κ3) is 8.56. The van der Waals surface area contributed by atoms with Crippen LogP contribution in [0.5, 0.6) is 0 Å². The minimum atomic E-state index is 0.140. The van der Waals surface area contributed by atoms with Gasteiger partial charge in [0.25, 0.3) is 0 Å². The first-order valence-corrected chi connectivity index (χ1v) is 7.83. The lowest BCUT2D eigenvalue weighted by molar-refractivity contribution is -0.121. The first kappa shape index (κ1) is 17.8. The highest BCUT2D eigenvalue weighted by Crippen LogP contribution is 2.04. The fourth-order valence-electron chi connectivity index (χ4n) is 2.24. The van der Waals surface area contributed by atoms with Crippen LogP contribution in [0, 0.1) is 0 Å². The molecule has 0 aliphatic carbocycles. The molecule has 1 aromatic carbocycles. The lowest BCUT2D eigenvalue weighted by Crippen LogP contribution is -2.35. The van der Waals surface area contributed by atoms with Gasteiger partial charge >= 0.3 is 0 Å². The molecule has 1 atom stereocenters. The molecule has 0 aliphatic rings. The number of carbonyl (C=O) groups excluding carboxylic acids is 1.